The standard InChI is InChI=1S/C24H22F3N5O2/c25-15-9-16(26)11-18(10-15)30-23(34)31-7-4-24(5-8-31)21(20-3-1-2-6-29-20)32(22(24)33)19-12-17(27)13-28-14-19/h1-3,6,9-13,21,28H,4-5,7-8,14H2,(H,30,34). The molecule has 0 bridgehead atoms. The number of dihydropyridines is 1. The molecule has 1 unspecified atom stereocenters. The minimum absolute atomic E-state index is 0.0202. The largest absolute Gasteiger partial charge is 0.383 e. The van der Waals surface area contributed by atoms with Gasteiger partial charge in [0.1, 0.15) is 17.5 Å². The van der Waals surface area contributed by atoms with Crippen molar-refractivity contribution in [2.75, 3.05) is 25.0 Å². The third kappa shape index (κ3) is 3.78. The number of amides is 3. The van der Waals surface area contributed by atoms with E-state index >= 15 is 0 Å². The number of β-lactam (4-membered cyclic amide) rings is 1. The van der Waals surface area contributed by atoms with Gasteiger partial charge in [0.2, 0.25) is 5.91 Å². The molecule has 2 fully saturated rings. The molecule has 176 valence electrons. The number of pyridine rings is 1. The maximum atomic E-state index is 13.9. The van der Waals surface area contributed by atoms with Crippen LogP contribution in [0.15, 0.2) is 66.4 Å². The van der Waals surface area contributed by atoms with Gasteiger partial charge in [0, 0.05) is 42.9 Å². The molecule has 1 aromatic heterocycles. The van der Waals surface area contributed by atoms with Gasteiger partial charge in [0.15, 0.2) is 0 Å². The molecule has 3 aliphatic rings. The molecular formula is C24H22F3N5O2. The fourth-order valence-corrected chi connectivity index (χ4v) is 4.99. The van der Waals surface area contributed by atoms with Crippen LogP contribution in [0.2, 0.25) is 0 Å². The van der Waals surface area contributed by atoms with E-state index in [4.69, 9.17) is 0 Å². The van der Waals surface area contributed by atoms with E-state index in [1.807, 2.05) is 12.1 Å². The number of piperidine rings is 1. The van der Waals surface area contributed by atoms with Crippen LogP contribution >= 0.6 is 0 Å². The topological polar surface area (TPSA) is 77.6 Å². The quantitative estimate of drug-likeness (QED) is 0.670. The first-order chi connectivity index (χ1) is 16.4. The molecule has 3 amide bonds. The SMILES string of the molecule is O=C(Nc1cc(F)cc(F)c1)N1CCC2(CC1)C(=O)N(C1=CC(F)=CNC1)C2c1ccccn1. The van der Waals surface area contributed by atoms with E-state index in [-0.39, 0.29) is 30.7 Å². The Morgan fingerprint density at radius 1 is 1.12 bits per heavy atom. The summed E-state index contributed by atoms with van der Waals surface area (Å²) in [6.45, 7) is 0.869. The Morgan fingerprint density at radius 2 is 1.85 bits per heavy atom. The van der Waals surface area contributed by atoms with Crippen LogP contribution in [0.4, 0.5) is 23.7 Å². The minimum atomic E-state index is -0.788. The van der Waals surface area contributed by atoms with Gasteiger partial charge in [-0.2, -0.15) is 0 Å². The summed E-state index contributed by atoms with van der Waals surface area (Å²) in [7, 11) is 0. The number of allylic oxidation sites excluding steroid dienone is 2. The van der Waals surface area contributed by atoms with Crippen LogP contribution in [0.1, 0.15) is 24.6 Å². The smallest absolute Gasteiger partial charge is 0.321 e. The van der Waals surface area contributed by atoms with Crippen molar-refractivity contribution in [2.45, 2.75) is 18.9 Å². The lowest BCUT2D eigenvalue weighted by atomic mass is 9.63. The molecule has 3 aliphatic heterocycles. The Labute approximate surface area is 193 Å². The number of carbonyl (C=O) groups is 2. The van der Waals surface area contributed by atoms with E-state index in [1.165, 1.54) is 17.2 Å². The van der Waals surface area contributed by atoms with Gasteiger partial charge in [-0.1, -0.05) is 6.07 Å². The third-order valence-electron chi connectivity index (χ3n) is 6.59. The Morgan fingerprint density at radius 3 is 2.50 bits per heavy atom. The minimum Gasteiger partial charge on any atom is -0.383 e. The van der Waals surface area contributed by atoms with Crippen molar-refractivity contribution < 1.29 is 22.8 Å². The van der Waals surface area contributed by atoms with Crippen molar-refractivity contribution in [1.82, 2.24) is 20.1 Å². The Balaban J connectivity index is 1.35. The number of anilines is 1. The molecule has 7 nitrogen and oxygen atoms in total. The molecule has 4 heterocycles. The second-order valence-electron chi connectivity index (χ2n) is 8.61. The lowest BCUT2D eigenvalue weighted by Crippen LogP contribution is -2.66. The summed E-state index contributed by atoms with van der Waals surface area (Å²) in [5.74, 6) is -2.17. The van der Waals surface area contributed by atoms with Gasteiger partial charge in [0.05, 0.1) is 23.7 Å². The number of hydrogen-bond acceptors (Lipinski definition) is 4. The van der Waals surface area contributed by atoms with Gasteiger partial charge in [0.25, 0.3) is 0 Å². The predicted molar refractivity (Wildman–Crippen MR) is 118 cm³/mol. The summed E-state index contributed by atoms with van der Waals surface area (Å²) in [6.07, 6.45) is 5.01. The van der Waals surface area contributed by atoms with Crippen LogP contribution in [0, 0.1) is 17.0 Å². The summed E-state index contributed by atoms with van der Waals surface area (Å²) in [4.78, 5) is 33.7. The van der Waals surface area contributed by atoms with Gasteiger partial charge in [-0.3, -0.25) is 9.78 Å². The van der Waals surface area contributed by atoms with Crippen molar-refractivity contribution in [1.29, 1.82) is 0 Å². The molecule has 1 atom stereocenters. The number of benzene rings is 1. The molecule has 2 aromatic rings. The molecule has 5 rings (SSSR count). The number of hydrogen-bond donors (Lipinski definition) is 2. The number of aromatic nitrogens is 1. The Kier molecular flexibility index (Phi) is 5.51. The predicted octanol–water partition coefficient (Wildman–Crippen LogP) is 3.86. The first-order valence-electron chi connectivity index (χ1n) is 10.9. The number of halogens is 3. The maximum absolute atomic E-state index is 13.9. The normalized spacial score (nSPS) is 21.4. The van der Waals surface area contributed by atoms with Gasteiger partial charge >= 0.3 is 6.03 Å². The van der Waals surface area contributed by atoms with E-state index in [9.17, 15) is 22.8 Å². The molecule has 2 saturated heterocycles. The van der Waals surface area contributed by atoms with Gasteiger partial charge in [-0.25, -0.2) is 18.0 Å². The van der Waals surface area contributed by atoms with E-state index in [0.29, 0.717) is 30.8 Å². The van der Waals surface area contributed by atoms with Gasteiger partial charge in [-0.05, 0) is 43.2 Å². The highest BCUT2D eigenvalue weighted by Crippen LogP contribution is 2.57. The molecule has 10 heteroatoms. The summed E-state index contributed by atoms with van der Waals surface area (Å²) < 4.78 is 40.8. The third-order valence-corrected chi connectivity index (χ3v) is 6.59. The highest BCUT2D eigenvalue weighted by Gasteiger charge is 2.63. The number of nitrogens with one attached hydrogen (secondary N) is 2. The molecule has 2 N–H and O–H groups in total. The van der Waals surface area contributed by atoms with E-state index in [2.05, 4.69) is 15.6 Å². The average molecular weight is 469 g/mol. The van der Waals surface area contributed by atoms with Crippen molar-refractivity contribution in [3.8, 4) is 0 Å². The van der Waals surface area contributed by atoms with Crippen molar-refractivity contribution in [2.24, 2.45) is 5.41 Å². The number of carbonyl (C=O) groups excluding carboxylic acids is 2. The second-order valence-corrected chi connectivity index (χ2v) is 8.61. The fourth-order valence-electron chi connectivity index (χ4n) is 4.99. The van der Waals surface area contributed by atoms with Crippen molar-refractivity contribution in [3.63, 3.8) is 0 Å². The Hall–Kier alpha value is -3.82. The summed E-state index contributed by atoms with van der Waals surface area (Å²) >= 11 is 0. The van der Waals surface area contributed by atoms with Crippen LogP contribution in [0.25, 0.3) is 0 Å². The molecule has 0 saturated carbocycles. The number of urea groups is 1. The molecule has 1 aromatic carbocycles. The first-order valence-corrected chi connectivity index (χ1v) is 10.9. The highest BCUT2D eigenvalue weighted by atomic mass is 19.1. The van der Waals surface area contributed by atoms with Crippen LogP contribution in [0.3, 0.4) is 0 Å². The van der Waals surface area contributed by atoms with Crippen LogP contribution in [0.5, 0.6) is 0 Å². The number of nitrogens with zero attached hydrogens (tertiary/aromatic N) is 3. The lowest BCUT2D eigenvalue weighted by Gasteiger charge is -2.59. The molecule has 1 spiro atoms. The molecular weight excluding hydrogens is 447 g/mol. The van der Waals surface area contributed by atoms with Crippen LogP contribution in [-0.2, 0) is 4.79 Å². The van der Waals surface area contributed by atoms with Gasteiger partial charge < -0.3 is 20.4 Å². The van der Waals surface area contributed by atoms with E-state index < -0.39 is 28.9 Å². The number of likely N-dealkylation sites (tertiary alicyclic amines) is 2. The van der Waals surface area contributed by atoms with Crippen LogP contribution in [-0.4, -0.2) is 46.4 Å². The monoisotopic (exact) mass is 469 g/mol. The van der Waals surface area contributed by atoms with Crippen LogP contribution < -0.4 is 10.6 Å². The summed E-state index contributed by atoms with van der Waals surface area (Å²) in [6, 6.07) is 7.38. The Bertz CT molecular complexity index is 1170. The zero-order chi connectivity index (χ0) is 23.9. The molecule has 34 heavy (non-hydrogen) atoms. The summed E-state index contributed by atoms with van der Waals surface area (Å²) in [5, 5.41) is 5.35. The van der Waals surface area contributed by atoms with Crippen molar-refractivity contribution in [3.05, 3.63) is 83.7 Å². The van der Waals surface area contributed by atoms with Crippen molar-refractivity contribution >= 4 is 17.6 Å². The zero-order valence-corrected chi connectivity index (χ0v) is 18.1. The zero-order valence-electron chi connectivity index (χ0n) is 18.1. The fraction of sp³-hybridized carbons (Fsp3) is 0.292. The first kappa shape index (κ1) is 22.0. The molecule has 0 aliphatic carbocycles. The number of rotatable bonds is 3. The lowest BCUT2D eigenvalue weighted by molar-refractivity contribution is -0.174. The van der Waals surface area contributed by atoms with Gasteiger partial charge in [-0.15, -0.1) is 0 Å². The summed E-state index contributed by atoms with van der Waals surface area (Å²) in [5.41, 5.74) is 0.478. The van der Waals surface area contributed by atoms with E-state index in [0.717, 1.165) is 18.2 Å². The maximum Gasteiger partial charge on any atom is 0.321 e. The average Bonchev–Trinajstić information content (AvgIpc) is 2.82. The second kappa shape index (κ2) is 8.51. The van der Waals surface area contributed by atoms with E-state index in [1.54, 1.807) is 17.2 Å². The highest BCUT2D eigenvalue weighted by molar-refractivity contribution is 5.93. The molecule has 0 radical (unpaired) electrons.